The maximum atomic E-state index is 12.8. The summed E-state index contributed by atoms with van der Waals surface area (Å²) in [6.07, 6.45) is 0. The maximum Gasteiger partial charge on any atom is 0.323 e. The fourth-order valence-corrected chi connectivity index (χ4v) is 1.85. The molecule has 16 heavy (non-hydrogen) atoms. The largest absolute Gasteiger partial charge is 0.480 e. The normalized spacial score (nSPS) is 9.94. The van der Waals surface area contributed by atoms with Crippen molar-refractivity contribution in [2.45, 2.75) is 0 Å². The van der Waals surface area contributed by atoms with Gasteiger partial charge in [0.2, 0.25) is 0 Å². The number of halogens is 2. The number of carboxylic acid groups (broad SMARTS) is 1. The van der Waals surface area contributed by atoms with Gasteiger partial charge in [-0.1, -0.05) is 0 Å². The van der Waals surface area contributed by atoms with Crippen LogP contribution in [0.4, 0.5) is 4.39 Å². The summed E-state index contributed by atoms with van der Waals surface area (Å²) < 4.78 is 13.3. The molecule has 0 saturated heterocycles. The van der Waals surface area contributed by atoms with E-state index in [0.29, 0.717) is 9.13 Å². The Morgan fingerprint density at radius 2 is 2.12 bits per heavy atom. The van der Waals surface area contributed by atoms with Crippen LogP contribution in [0, 0.1) is 9.39 Å². The van der Waals surface area contributed by atoms with Crippen LogP contribution in [0.15, 0.2) is 18.2 Å². The molecule has 0 bridgehead atoms. The minimum atomic E-state index is -1.09. The van der Waals surface area contributed by atoms with Gasteiger partial charge in [-0.2, -0.15) is 0 Å². The van der Waals surface area contributed by atoms with E-state index in [1.165, 1.54) is 25.2 Å². The first-order valence-corrected chi connectivity index (χ1v) is 5.42. The van der Waals surface area contributed by atoms with Gasteiger partial charge < -0.3 is 10.0 Å². The second kappa shape index (κ2) is 5.24. The Labute approximate surface area is 105 Å². The summed E-state index contributed by atoms with van der Waals surface area (Å²) >= 11 is 1.83. The summed E-state index contributed by atoms with van der Waals surface area (Å²) in [5.74, 6) is -1.96. The van der Waals surface area contributed by atoms with Crippen LogP contribution >= 0.6 is 22.6 Å². The number of benzene rings is 1. The average Bonchev–Trinajstić information content (AvgIpc) is 2.15. The molecule has 4 nitrogen and oxygen atoms in total. The van der Waals surface area contributed by atoms with Gasteiger partial charge in [0.15, 0.2) is 0 Å². The lowest BCUT2D eigenvalue weighted by molar-refractivity contribution is -0.137. The van der Waals surface area contributed by atoms with E-state index in [2.05, 4.69) is 0 Å². The molecule has 0 saturated carbocycles. The molecule has 1 rings (SSSR count). The number of aliphatic carboxylic acids is 1. The van der Waals surface area contributed by atoms with E-state index in [9.17, 15) is 14.0 Å². The number of carbonyl (C=O) groups is 2. The van der Waals surface area contributed by atoms with Gasteiger partial charge in [-0.05, 0) is 40.8 Å². The van der Waals surface area contributed by atoms with Gasteiger partial charge >= 0.3 is 5.97 Å². The Hall–Kier alpha value is -1.18. The molecule has 6 heteroatoms. The van der Waals surface area contributed by atoms with Crippen molar-refractivity contribution < 1.29 is 19.1 Å². The smallest absolute Gasteiger partial charge is 0.323 e. The standard InChI is InChI=1S/C10H9FINO3/c1-13(5-9(14)15)10(16)7-3-2-6(11)4-8(7)12/h2-4H,5H2,1H3,(H,14,15). The van der Waals surface area contributed by atoms with E-state index in [0.717, 1.165) is 4.90 Å². The maximum absolute atomic E-state index is 12.8. The molecule has 0 atom stereocenters. The highest BCUT2D eigenvalue weighted by molar-refractivity contribution is 14.1. The quantitative estimate of drug-likeness (QED) is 0.853. The van der Waals surface area contributed by atoms with Crippen LogP contribution in [-0.2, 0) is 4.79 Å². The van der Waals surface area contributed by atoms with Gasteiger partial charge in [-0.25, -0.2) is 4.39 Å². The molecule has 1 aromatic rings. The molecule has 0 spiro atoms. The van der Waals surface area contributed by atoms with Crippen molar-refractivity contribution in [3.63, 3.8) is 0 Å². The van der Waals surface area contributed by atoms with Crippen LogP contribution in [0.1, 0.15) is 10.4 Å². The molecular weight excluding hydrogens is 328 g/mol. The van der Waals surface area contributed by atoms with Crippen LogP contribution in [0.2, 0.25) is 0 Å². The van der Waals surface area contributed by atoms with Crippen LogP contribution in [0.3, 0.4) is 0 Å². The lowest BCUT2D eigenvalue weighted by Gasteiger charge is -2.15. The summed E-state index contributed by atoms with van der Waals surface area (Å²) in [5.41, 5.74) is 0.297. The zero-order valence-corrected chi connectivity index (χ0v) is 10.6. The predicted molar refractivity (Wildman–Crippen MR) is 63.7 cm³/mol. The highest BCUT2D eigenvalue weighted by Crippen LogP contribution is 2.15. The fourth-order valence-electron chi connectivity index (χ4n) is 1.14. The van der Waals surface area contributed by atoms with Crippen molar-refractivity contribution in [3.8, 4) is 0 Å². The van der Waals surface area contributed by atoms with Gasteiger partial charge in [-0.3, -0.25) is 9.59 Å². The summed E-state index contributed by atoms with van der Waals surface area (Å²) in [5, 5.41) is 8.54. The number of amides is 1. The monoisotopic (exact) mass is 337 g/mol. The molecule has 86 valence electrons. The Morgan fingerprint density at radius 1 is 1.50 bits per heavy atom. The molecule has 0 aliphatic carbocycles. The van der Waals surface area contributed by atoms with Crippen LogP contribution in [0.5, 0.6) is 0 Å². The Bertz CT molecular complexity index is 436. The molecule has 1 amide bonds. The molecule has 0 unspecified atom stereocenters. The number of carbonyl (C=O) groups excluding carboxylic acids is 1. The number of hydrogen-bond donors (Lipinski definition) is 1. The average molecular weight is 337 g/mol. The van der Waals surface area contributed by atoms with Gasteiger partial charge in [-0.15, -0.1) is 0 Å². The second-order valence-electron chi connectivity index (χ2n) is 3.18. The first-order chi connectivity index (χ1) is 7.41. The molecule has 0 heterocycles. The van der Waals surface area contributed by atoms with Gasteiger partial charge in [0, 0.05) is 10.6 Å². The minimum absolute atomic E-state index is 0.297. The number of hydrogen-bond acceptors (Lipinski definition) is 2. The number of likely N-dealkylation sites (N-methyl/N-ethyl adjacent to an activating group) is 1. The number of carboxylic acids is 1. The second-order valence-corrected chi connectivity index (χ2v) is 4.34. The third kappa shape index (κ3) is 3.16. The summed E-state index contributed by atoms with van der Waals surface area (Å²) in [4.78, 5) is 23.2. The van der Waals surface area contributed by atoms with Crippen LogP contribution < -0.4 is 0 Å². The molecular formula is C10H9FINO3. The van der Waals surface area contributed by atoms with Crippen molar-refractivity contribution in [1.29, 1.82) is 0 Å². The van der Waals surface area contributed by atoms with Crippen molar-refractivity contribution >= 4 is 34.5 Å². The Balaban J connectivity index is 2.92. The van der Waals surface area contributed by atoms with E-state index in [1.54, 1.807) is 0 Å². The van der Waals surface area contributed by atoms with Crippen LogP contribution in [0.25, 0.3) is 0 Å². The SMILES string of the molecule is CN(CC(=O)O)C(=O)c1ccc(F)cc1I. The topological polar surface area (TPSA) is 57.6 Å². The fraction of sp³-hybridized carbons (Fsp3) is 0.200. The first kappa shape index (κ1) is 12.9. The molecule has 0 aliphatic heterocycles. The van der Waals surface area contributed by atoms with E-state index < -0.39 is 17.7 Å². The lowest BCUT2D eigenvalue weighted by atomic mass is 10.2. The van der Waals surface area contributed by atoms with Gasteiger partial charge in [0.25, 0.3) is 5.91 Å². The lowest BCUT2D eigenvalue weighted by Crippen LogP contribution is -2.32. The van der Waals surface area contributed by atoms with E-state index in [-0.39, 0.29) is 6.54 Å². The molecule has 0 fully saturated rings. The van der Waals surface area contributed by atoms with Crippen molar-refractivity contribution in [3.05, 3.63) is 33.1 Å². The third-order valence-electron chi connectivity index (χ3n) is 1.88. The molecule has 1 aromatic carbocycles. The van der Waals surface area contributed by atoms with Crippen molar-refractivity contribution in [2.75, 3.05) is 13.6 Å². The van der Waals surface area contributed by atoms with Gasteiger partial charge in [0.05, 0.1) is 5.56 Å². The van der Waals surface area contributed by atoms with Crippen LogP contribution in [-0.4, -0.2) is 35.5 Å². The van der Waals surface area contributed by atoms with E-state index >= 15 is 0 Å². The molecule has 1 N–H and O–H groups in total. The molecule has 0 radical (unpaired) electrons. The van der Waals surface area contributed by atoms with Gasteiger partial charge in [0.1, 0.15) is 12.4 Å². The third-order valence-corrected chi connectivity index (χ3v) is 2.77. The zero-order valence-electron chi connectivity index (χ0n) is 8.41. The first-order valence-electron chi connectivity index (χ1n) is 4.34. The number of rotatable bonds is 3. The number of nitrogens with zero attached hydrogens (tertiary/aromatic N) is 1. The highest BCUT2D eigenvalue weighted by Gasteiger charge is 2.17. The molecule has 0 aromatic heterocycles. The summed E-state index contributed by atoms with van der Waals surface area (Å²) in [6.45, 7) is -0.383. The summed E-state index contributed by atoms with van der Waals surface area (Å²) in [6, 6.07) is 3.74. The van der Waals surface area contributed by atoms with E-state index in [1.807, 2.05) is 22.6 Å². The van der Waals surface area contributed by atoms with E-state index in [4.69, 9.17) is 5.11 Å². The zero-order chi connectivity index (χ0) is 12.3. The summed E-state index contributed by atoms with van der Waals surface area (Å²) in [7, 11) is 1.38. The highest BCUT2D eigenvalue weighted by atomic mass is 127. The van der Waals surface area contributed by atoms with Crippen molar-refractivity contribution in [2.24, 2.45) is 0 Å². The Morgan fingerprint density at radius 3 is 2.62 bits per heavy atom. The van der Waals surface area contributed by atoms with Crippen molar-refractivity contribution in [1.82, 2.24) is 4.90 Å². The predicted octanol–water partition coefficient (Wildman–Crippen LogP) is 1.59. The Kier molecular flexibility index (Phi) is 4.22. The minimum Gasteiger partial charge on any atom is -0.480 e. The molecule has 0 aliphatic rings.